The van der Waals surface area contributed by atoms with Crippen LogP contribution in [0.15, 0.2) is 18.2 Å². The van der Waals surface area contributed by atoms with Crippen molar-refractivity contribution in [2.75, 3.05) is 13.1 Å². The molecule has 0 aliphatic heterocycles. The fourth-order valence-corrected chi connectivity index (χ4v) is 2.08. The van der Waals surface area contributed by atoms with E-state index in [9.17, 15) is 0 Å². The summed E-state index contributed by atoms with van der Waals surface area (Å²) in [6.07, 6.45) is 1.01. The van der Waals surface area contributed by atoms with E-state index in [4.69, 9.17) is 5.73 Å². The van der Waals surface area contributed by atoms with E-state index in [1.165, 1.54) is 11.1 Å². The number of hydrogen-bond acceptors (Lipinski definition) is 3. The fraction of sp³-hybridized carbons (Fsp3) is 0.500. The second kappa shape index (κ2) is 5.50. The molecule has 0 aliphatic rings. The standard InChI is InChI=1S/C14H22N4/c1-10(15)9-16-7-6-12-4-5-14-13(8-12)17-11(2)18(14)3/h4-5,8,10,16H,6-7,9,15H2,1-3H3. The van der Waals surface area contributed by atoms with E-state index < -0.39 is 0 Å². The van der Waals surface area contributed by atoms with E-state index in [0.717, 1.165) is 30.9 Å². The van der Waals surface area contributed by atoms with E-state index in [2.05, 4.69) is 40.1 Å². The molecule has 2 rings (SSSR count). The van der Waals surface area contributed by atoms with Gasteiger partial charge in [0, 0.05) is 19.6 Å². The van der Waals surface area contributed by atoms with Crippen molar-refractivity contribution < 1.29 is 0 Å². The second-order valence-electron chi connectivity index (χ2n) is 4.97. The molecule has 0 bridgehead atoms. The molecule has 18 heavy (non-hydrogen) atoms. The predicted molar refractivity (Wildman–Crippen MR) is 75.7 cm³/mol. The molecule has 1 unspecified atom stereocenters. The van der Waals surface area contributed by atoms with Crippen LogP contribution in [0.1, 0.15) is 18.3 Å². The maximum Gasteiger partial charge on any atom is 0.106 e. The molecule has 2 aromatic rings. The van der Waals surface area contributed by atoms with Gasteiger partial charge >= 0.3 is 0 Å². The quantitative estimate of drug-likeness (QED) is 0.783. The summed E-state index contributed by atoms with van der Waals surface area (Å²) < 4.78 is 2.12. The van der Waals surface area contributed by atoms with Crippen molar-refractivity contribution in [2.24, 2.45) is 12.8 Å². The zero-order valence-corrected chi connectivity index (χ0v) is 11.4. The number of rotatable bonds is 5. The van der Waals surface area contributed by atoms with Gasteiger partial charge in [-0.3, -0.25) is 0 Å². The Labute approximate surface area is 108 Å². The molecule has 0 aliphatic carbocycles. The summed E-state index contributed by atoms with van der Waals surface area (Å²) in [7, 11) is 2.05. The number of imidazole rings is 1. The van der Waals surface area contributed by atoms with Crippen molar-refractivity contribution >= 4 is 11.0 Å². The number of fused-ring (bicyclic) bond motifs is 1. The fourth-order valence-electron chi connectivity index (χ4n) is 2.08. The summed E-state index contributed by atoms with van der Waals surface area (Å²) in [5.74, 6) is 1.05. The molecule has 1 heterocycles. The lowest BCUT2D eigenvalue weighted by molar-refractivity contribution is 0.609. The molecule has 98 valence electrons. The minimum Gasteiger partial charge on any atom is -0.331 e. The molecule has 1 aromatic heterocycles. The molecule has 0 fully saturated rings. The highest BCUT2D eigenvalue weighted by Gasteiger charge is 2.04. The van der Waals surface area contributed by atoms with Crippen molar-refractivity contribution in [2.45, 2.75) is 26.3 Å². The normalized spacial score (nSPS) is 13.1. The summed E-state index contributed by atoms with van der Waals surface area (Å²) in [5, 5.41) is 3.35. The molecule has 0 saturated heterocycles. The zero-order valence-electron chi connectivity index (χ0n) is 11.4. The third-order valence-electron chi connectivity index (χ3n) is 3.23. The second-order valence-corrected chi connectivity index (χ2v) is 4.97. The first-order valence-corrected chi connectivity index (χ1v) is 6.46. The van der Waals surface area contributed by atoms with Gasteiger partial charge in [0.2, 0.25) is 0 Å². The van der Waals surface area contributed by atoms with Gasteiger partial charge in [-0.2, -0.15) is 0 Å². The van der Waals surface area contributed by atoms with Crippen LogP contribution in [-0.2, 0) is 13.5 Å². The molecule has 0 amide bonds. The maximum atomic E-state index is 5.69. The zero-order chi connectivity index (χ0) is 13.1. The minimum atomic E-state index is 0.214. The van der Waals surface area contributed by atoms with Crippen molar-refractivity contribution in [3.63, 3.8) is 0 Å². The minimum absolute atomic E-state index is 0.214. The summed E-state index contributed by atoms with van der Waals surface area (Å²) in [6, 6.07) is 6.72. The largest absolute Gasteiger partial charge is 0.331 e. The Hall–Kier alpha value is -1.39. The third kappa shape index (κ3) is 2.89. The highest BCUT2D eigenvalue weighted by Crippen LogP contribution is 2.16. The molecule has 1 aromatic carbocycles. The lowest BCUT2D eigenvalue weighted by Gasteiger charge is -2.07. The van der Waals surface area contributed by atoms with Gasteiger partial charge in [0.15, 0.2) is 0 Å². The Balaban J connectivity index is 2.02. The van der Waals surface area contributed by atoms with E-state index in [0.29, 0.717) is 0 Å². The van der Waals surface area contributed by atoms with Gasteiger partial charge in [-0.1, -0.05) is 6.07 Å². The van der Waals surface area contributed by atoms with Crippen molar-refractivity contribution in [3.8, 4) is 0 Å². The van der Waals surface area contributed by atoms with E-state index in [1.807, 2.05) is 13.8 Å². The van der Waals surface area contributed by atoms with E-state index in [-0.39, 0.29) is 6.04 Å². The van der Waals surface area contributed by atoms with E-state index >= 15 is 0 Å². The van der Waals surface area contributed by atoms with Gasteiger partial charge in [0.25, 0.3) is 0 Å². The SMILES string of the molecule is Cc1nc2cc(CCNCC(C)N)ccc2n1C. The van der Waals surface area contributed by atoms with Crippen LogP contribution in [0.25, 0.3) is 11.0 Å². The van der Waals surface area contributed by atoms with Crippen LogP contribution in [0.2, 0.25) is 0 Å². The average Bonchev–Trinajstić information content (AvgIpc) is 2.60. The summed E-state index contributed by atoms with van der Waals surface area (Å²) in [6.45, 7) is 5.86. The number of benzene rings is 1. The smallest absolute Gasteiger partial charge is 0.106 e. The number of aromatic nitrogens is 2. The summed E-state index contributed by atoms with van der Waals surface area (Å²) in [5.41, 5.74) is 9.29. The molecular formula is C14H22N4. The topological polar surface area (TPSA) is 55.9 Å². The maximum absolute atomic E-state index is 5.69. The first kappa shape index (κ1) is 13.1. The number of hydrogen-bond donors (Lipinski definition) is 2. The first-order valence-electron chi connectivity index (χ1n) is 6.46. The Morgan fingerprint density at radius 2 is 2.22 bits per heavy atom. The molecule has 0 spiro atoms. The van der Waals surface area contributed by atoms with Crippen LogP contribution in [0.3, 0.4) is 0 Å². The van der Waals surface area contributed by atoms with Gasteiger partial charge in [-0.25, -0.2) is 4.98 Å². The lowest BCUT2D eigenvalue weighted by Crippen LogP contribution is -2.32. The van der Waals surface area contributed by atoms with Crippen LogP contribution in [0, 0.1) is 6.92 Å². The van der Waals surface area contributed by atoms with Gasteiger partial charge in [-0.05, 0) is 44.5 Å². The Morgan fingerprint density at radius 1 is 1.44 bits per heavy atom. The van der Waals surface area contributed by atoms with Crippen LogP contribution in [0.4, 0.5) is 0 Å². The molecule has 1 atom stereocenters. The number of nitrogens with two attached hydrogens (primary N) is 1. The Kier molecular flexibility index (Phi) is 3.99. The number of nitrogens with one attached hydrogen (secondary N) is 1. The van der Waals surface area contributed by atoms with Crippen molar-refractivity contribution in [3.05, 3.63) is 29.6 Å². The van der Waals surface area contributed by atoms with Crippen LogP contribution < -0.4 is 11.1 Å². The number of nitrogens with zero attached hydrogens (tertiary/aromatic N) is 2. The molecule has 0 radical (unpaired) electrons. The third-order valence-corrected chi connectivity index (χ3v) is 3.23. The van der Waals surface area contributed by atoms with Gasteiger partial charge < -0.3 is 15.6 Å². The molecule has 4 heteroatoms. The monoisotopic (exact) mass is 246 g/mol. The van der Waals surface area contributed by atoms with Crippen LogP contribution >= 0.6 is 0 Å². The Bertz CT molecular complexity index is 528. The summed E-state index contributed by atoms with van der Waals surface area (Å²) >= 11 is 0. The lowest BCUT2D eigenvalue weighted by atomic mass is 10.1. The number of aryl methyl sites for hydroxylation is 2. The molecule has 0 saturated carbocycles. The highest BCUT2D eigenvalue weighted by atomic mass is 15.0. The van der Waals surface area contributed by atoms with Gasteiger partial charge in [0.05, 0.1) is 11.0 Å². The van der Waals surface area contributed by atoms with Crippen LogP contribution in [0.5, 0.6) is 0 Å². The Morgan fingerprint density at radius 3 is 2.94 bits per heavy atom. The van der Waals surface area contributed by atoms with Crippen LogP contribution in [-0.4, -0.2) is 28.7 Å². The molecular weight excluding hydrogens is 224 g/mol. The van der Waals surface area contributed by atoms with Crippen molar-refractivity contribution in [1.29, 1.82) is 0 Å². The van der Waals surface area contributed by atoms with E-state index in [1.54, 1.807) is 0 Å². The summed E-state index contributed by atoms with van der Waals surface area (Å²) in [4.78, 5) is 4.55. The first-order chi connectivity index (χ1) is 8.58. The highest BCUT2D eigenvalue weighted by molar-refractivity contribution is 5.76. The molecule has 4 nitrogen and oxygen atoms in total. The predicted octanol–water partition coefficient (Wildman–Crippen LogP) is 1.36. The van der Waals surface area contributed by atoms with Crippen molar-refractivity contribution in [1.82, 2.24) is 14.9 Å². The molecule has 3 N–H and O–H groups in total. The van der Waals surface area contributed by atoms with Gasteiger partial charge in [-0.15, -0.1) is 0 Å². The average molecular weight is 246 g/mol. The van der Waals surface area contributed by atoms with Gasteiger partial charge in [0.1, 0.15) is 5.82 Å².